The van der Waals surface area contributed by atoms with Gasteiger partial charge in [0.15, 0.2) is 0 Å². The summed E-state index contributed by atoms with van der Waals surface area (Å²) < 4.78 is 6.74. The van der Waals surface area contributed by atoms with Gasteiger partial charge in [0, 0.05) is 11.8 Å². The van der Waals surface area contributed by atoms with Crippen LogP contribution in [0.1, 0.15) is 76.9 Å². The number of hydrogen-bond donors (Lipinski definition) is 1. The van der Waals surface area contributed by atoms with Crippen LogP contribution in [0.5, 0.6) is 0 Å². The van der Waals surface area contributed by atoms with Crippen LogP contribution < -0.4 is 0 Å². The van der Waals surface area contributed by atoms with Crippen molar-refractivity contribution in [2.45, 2.75) is 83.5 Å². The topological polar surface area (TPSA) is 29.5 Å². The van der Waals surface area contributed by atoms with Gasteiger partial charge in [-0.1, -0.05) is 76.3 Å². The Bertz CT molecular complexity index is 480. The van der Waals surface area contributed by atoms with E-state index in [1.54, 1.807) is 0 Å². The van der Waals surface area contributed by atoms with E-state index in [1.165, 1.54) is 50.5 Å². The van der Waals surface area contributed by atoms with Crippen LogP contribution in [0.15, 0.2) is 30.3 Å². The molecule has 2 heteroatoms. The normalized spacial score (nSPS) is 35.0. The maximum atomic E-state index is 11.1. The van der Waals surface area contributed by atoms with Crippen LogP contribution in [0.3, 0.4) is 0 Å². The summed E-state index contributed by atoms with van der Waals surface area (Å²) in [4.78, 5) is 0. The van der Waals surface area contributed by atoms with Crippen LogP contribution in [-0.4, -0.2) is 17.3 Å². The first-order valence-corrected chi connectivity index (χ1v) is 10.1. The molecule has 5 atom stereocenters. The Labute approximate surface area is 147 Å². The predicted molar refractivity (Wildman–Crippen MR) is 98.8 cm³/mol. The molecule has 1 aliphatic heterocycles. The minimum absolute atomic E-state index is 0.0333. The second-order valence-corrected chi connectivity index (χ2v) is 7.99. The van der Waals surface area contributed by atoms with Gasteiger partial charge < -0.3 is 9.84 Å². The first-order chi connectivity index (χ1) is 11.7. The zero-order chi connectivity index (χ0) is 16.9. The molecule has 2 aliphatic rings. The van der Waals surface area contributed by atoms with Crippen molar-refractivity contribution in [2.24, 2.45) is 17.8 Å². The summed E-state index contributed by atoms with van der Waals surface area (Å²) in [7, 11) is 0. The Balaban J connectivity index is 1.82. The monoisotopic (exact) mass is 330 g/mol. The van der Waals surface area contributed by atoms with Gasteiger partial charge in [0.2, 0.25) is 0 Å². The lowest BCUT2D eigenvalue weighted by molar-refractivity contribution is -0.193. The quantitative estimate of drug-likeness (QED) is 0.771. The van der Waals surface area contributed by atoms with Gasteiger partial charge in [-0.3, -0.25) is 0 Å². The lowest BCUT2D eigenvalue weighted by atomic mass is 9.71. The number of rotatable bonds is 5. The lowest BCUT2D eigenvalue weighted by Crippen LogP contribution is -2.49. The Kier molecular flexibility index (Phi) is 6.35. The van der Waals surface area contributed by atoms with Crippen molar-refractivity contribution < 1.29 is 9.84 Å². The largest absolute Gasteiger partial charge is 0.392 e. The van der Waals surface area contributed by atoms with E-state index < -0.39 is 0 Å². The average Bonchev–Trinajstić information content (AvgIpc) is 2.64. The predicted octanol–water partition coefficient (Wildman–Crippen LogP) is 5.51. The van der Waals surface area contributed by atoms with Crippen LogP contribution in [0.2, 0.25) is 0 Å². The van der Waals surface area contributed by atoms with Crippen molar-refractivity contribution in [1.29, 1.82) is 0 Å². The third kappa shape index (κ3) is 3.86. The molecular weight excluding hydrogens is 296 g/mol. The van der Waals surface area contributed by atoms with E-state index >= 15 is 0 Å². The van der Waals surface area contributed by atoms with Gasteiger partial charge in [0.05, 0.1) is 18.3 Å². The van der Waals surface area contributed by atoms with Crippen LogP contribution in [-0.2, 0) is 4.74 Å². The van der Waals surface area contributed by atoms with E-state index in [2.05, 4.69) is 44.2 Å². The minimum atomic E-state index is -0.248. The average molecular weight is 331 g/mol. The third-order valence-corrected chi connectivity index (χ3v) is 6.31. The Hall–Kier alpha value is -0.860. The molecule has 1 aromatic rings. The van der Waals surface area contributed by atoms with Gasteiger partial charge >= 0.3 is 0 Å². The van der Waals surface area contributed by atoms with Gasteiger partial charge in [-0.05, 0) is 30.7 Å². The second kappa shape index (κ2) is 8.49. The van der Waals surface area contributed by atoms with E-state index in [9.17, 15) is 5.11 Å². The van der Waals surface area contributed by atoms with E-state index in [0.29, 0.717) is 11.8 Å². The fraction of sp³-hybridized carbons (Fsp3) is 0.727. The molecule has 24 heavy (non-hydrogen) atoms. The molecule has 1 saturated heterocycles. The maximum Gasteiger partial charge on any atom is 0.0879 e. The van der Waals surface area contributed by atoms with E-state index in [4.69, 9.17) is 4.74 Å². The van der Waals surface area contributed by atoms with Gasteiger partial charge in [0.25, 0.3) is 0 Å². The molecule has 2 nitrogen and oxygen atoms in total. The highest BCUT2D eigenvalue weighted by Gasteiger charge is 2.45. The molecule has 2 fully saturated rings. The van der Waals surface area contributed by atoms with Crippen molar-refractivity contribution in [3.05, 3.63) is 35.9 Å². The summed E-state index contributed by atoms with van der Waals surface area (Å²) in [5.41, 5.74) is 1.22. The molecule has 0 radical (unpaired) electrons. The highest BCUT2D eigenvalue weighted by Crippen LogP contribution is 2.45. The lowest BCUT2D eigenvalue weighted by Gasteiger charge is -2.48. The Morgan fingerprint density at radius 2 is 1.79 bits per heavy atom. The van der Waals surface area contributed by atoms with Gasteiger partial charge in [0.1, 0.15) is 0 Å². The Morgan fingerprint density at radius 3 is 2.46 bits per heavy atom. The molecular formula is C22H34O2. The number of ether oxygens (including phenoxy) is 1. The van der Waals surface area contributed by atoms with Crippen LogP contribution in [0.4, 0.5) is 0 Å². The molecule has 134 valence electrons. The molecule has 1 aliphatic carbocycles. The zero-order valence-corrected chi connectivity index (χ0v) is 15.4. The summed E-state index contributed by atoms with van der Waals surface area (Å²) in [6.45, 7) is 4.40. The summed E-state index contributed by atoms with van der Waals surface area (Å²) in [5.74, 6) is 1.10. The highest BCUT2D eigenvalue weighted by molar-refractivity contribution is 5.19. The van der Waals surface area contributed by atoms with Crippen LogP contribution in [0.25, 0.3) is 0 Å². The fourth-order valence-corrected chi connectivity index (χ4v) is 4.88. The molecule has 0 unspecified atom stereocenters. The molecule has 1 saturated carbocycles. The SMILES string of the molecule is CCCC[C@@H]1[C@@H](O)[C@H](C)[C@@H](c2ccccc2)O[C@H]1C1CCCCC1. The maximum absolute atomic E-state index is 11.1. The smallest absolute Gasteiger partial charge is 0.0879 e. The summed E-state index contributed by atoms with van der Waals surface area (Å²) in [5, 5.41) is 11.1. The second-order valence-electron chi connectivity index (χ2n) is 7.99. The first-order valence-electron chi connectivity index (χ1n) is 10.1. The number of aliphatic hydroxyl groups excluding tert-OH is 1. The standard InChI is InChI=1S/C22H34O2/c1-3-4-15-19-20(23)16(2)21(17-11-7-5-8-12-17)24-22(19)18-13-9-6-10-14-18/h5,7-8,11-12,16,18-23H,3-4,6,9-10,13-15H2,1-2H3/t16-,19+,20-,21-,22-/m0/s1. The molecule has 0 amide bonds. The Morgan fingerprint density at radius 1 is 1.08 bits per heavy atom. The third-order valence-electron chi connectivity index (χ3n) is 6.31. The molecule has 0 aromatic heterocycles. The van der Waals surface area contributed by atoms with E-state index in [0.717, 1.165) is 6.42 Å². The van der Waals surface area contributed by atoms with Crippen molar-refractivity contribution >= 4 is 0 Å². The van der Waals surface area contributed by atoms with Crippen molar-refractivity contribution in [2.75, 3.05) is 0 Å². The van der Waals surface area contributed by atoms with E-state index in [-0.39, 0.29) is 24.2 Å². The van der Waals surface area contributed by atoms with Gasteiger partial charge in [-0.2, -0.15) is 0 Å². The molecule has 0 spiro atoms. The number of benzene rings is 1. The molecule has 1 aromatic carbocycles. The highest BCUT2D eigenvalue weighted by atomic mass is 16.5. The molecule has 1 N–H and O–H groups in total. The number of aliphatic hydroxyl groups is 1. The van der Waals surface area contributed by atoms with Crippen LogP contribution in [0, 0.1) is 17.8 Å². The summed E-state index contributed by atoms with van der Waals surface area (Å²) >= 11 is 0. The molecule has 0 bridgehead atoms. The van der Waals surface area contributed by atoms with Gasteiger partial charge in [-0.25, -0.2) is 0 Å². The molecule has 1 heterocycles. The summed E-state index contributed by atoms with van der Waals surface area (Å²) in [6.07, 6.45) is 10.1. The zero-order valence-electron chi connectivity index (χ0n) is 15.4. The van der Waals surface area contributed by atoms with Crippen molar-refractivity contribution in [3.63, 3.8) is 0 Å². The van der Waals surface area contributed by atoms with Crippen molar-refractivity contribution in [3.8, 4) is 0 Å². The van der Waals surface area contributed by atoms with E-state index in [1.807, 2.05) is 0 Å². The first kappa shape index (κ1) is 17.9. The van der Waals surface area contributed by atoms with Crippen LogP contribution >= 0.6 is 0 Å². The minimum Gasteiger partial charge on any atom is -0.392 e. The van der Waals surface area contributed by atoms with Crippen molar-refractivity contribution in [1.82, 2.24) is 0 Å². The van der Waals surface area contributed by atoms with Gasteiger partial charge in [-0.15, -0.1) is 0 Å². The molecule has 3 rings (SSSR count). The number of unbranched alkanes of at least 4 members (excludes halogenated alkanes) is 1. The fourth-order valence-electron chi connectivity index (χ4n) is 4.88. The number of hydrogen-bond acceptors (Lipinski definition) is 2. The summed E-state index contributed by atoms with van der Waals surface area (Å²) in [6, 6.07) is 10.5.